The fourth-order valence-corrected chi connectivity index (χ4v) is 1.53. The smallest absolute Gasteiger partial charge is 0.227 e. The summed E-state index contributed by atoms with van der Waals surface area (Å²) < 4.78 is 0. The molecule has 1 aromatic rings. The van der Waals surface area contributed by atoms with Gasteiger partial charge in [-0.3, -0.25) is 0 Å². The van der Waals surface area contributed by atoms with E-state index in [-0.39, 0.29) is 0 Å². The molecule has 1 aliphatic rings. The maximum atomic E-state index is 8.56. The average Bonchev–Trinajstić information content (AvgIpc) is 2.17. The van der Waals surface area contributed by atoms with Crippen molar-refractivity contribution in [3.8, 4) is 6.07 Å². The molecule has 0 amide bonds. The van der Waals surface area contributed by atoms with Gasteiger partial charge in [-0.25, -0.2) is 9.97 Å². The minimum Gasteiger partial charge on any atom is -0.227 e. The van der Waals surface area contributed by atoms with Gasteiger partial charge in [-0.05, 0) is 31.2 Å². The zero-order valence-corrected chi connectivity index (χ0v) is 6.75. The van der Waals surface area contributed by atoms with Gasteiger partial charge in [0.05, 0.1) is 0 Å². The summed E-state index contributed by atoms with van der Waals surface area (Å²) in [6.45, 7) is 0. The lowest BCUT2D eigenvalue weighted by atomic mass is 9.98. The van der Waals surface area contributed by atoms with Gasteiger partial charge in [0.15, 0.2) is 0 Å². The van der Waals surface area contributed by atoms with Crippen LogP contribution in [0.4, 0.5) is 0 Å². The summed E-state index contributed by atoms with van der Waals surface area (Å²) in [4.78, 5) is 8.10. The topological polar surface area (TPSA) is 49.6 Å². The molecule has 1 aliphatic carbocycles. The van der Waals surface area contributed by atoms with Crippen LogP contribution < -0.4 is 0 Å². The number of rotatable bonds is 0. The summed E-state index contributed by atoms with van der Waals surface area (Å²) in [6.07, 6.45) is 6.28. The summed E-state index contributed by atoms with van der Waals surface area (Å²) in [5, 5.41) is 8.56. The molecule has 3 nitrogen and oxygen atoms in total. The van der Waals surface area contributed by atoms with Crippen molar-refractivity contribution in [2.24, 2.45) is 0 Å². The third-order valence-electron chi connectivity index (χ3n) is 2.16. The minimum atomic E-state index is 0.302. The molecule has 0 spiro atoms. The van der Waals surface area contributed by atoms with E-state index in [1.54, 1.807) is 6.20 Å². The zero-order valence-electron chi connectivity index (χ0n) is 6.75. The molecule has 0 saturated carbocycles. The minimum absolute atomic E-state index is 0.302. The van der Waals surface area contributed by atoms with Crippen LogP contribution in [0.15, 0.2) is 6.20 Å². The Bertz CT molecular complexity index is 338. The fraction of sp³-hybridized carbons (Fsp3) is 0.444. The molecule has 2 rings (SSSR count). The highest BCUT2D eigenvalue weighted by atomic mass is 14.9. The van der Waals surface area contributed by atoms with Crippen LogP contribution in [-0.2, 0) is 12.8 Å². The van der Waals surface area contributed by atoms with Gasteiger partial charge in [-0.15, -0.1) is 0 Å². The van der Waals surface area contributed by atoms with Crippen LogP contribution in [0.25, 0.3) is 0 Å². The van der Waals surface area contributed by atoms with E-state index in [1.807, 2.05) is 6.07 Å². The Morgan fingerprint density at radius 3 is 3.00 bits per heavy atom. The quantitative estimate of drug-likeness (QED) is 0.572. The van der Waals surface area contributed by atoms with Crippen LogP contribution in [-0.4, -0.2) is 9.97 Å². The van der Waals surface area contributed by atoms with Crippen molar-refractivity contribution in [2.45, 2.75) is 25.7 Å². The molecule has 0 unspecified atom stereocenters. The highest BCUT2D eigenvalue weighted by Gasteiger charge is 2.11. The van der Waals surface area contributed by atoms with Crippen molar-refractivity contribution < 1.29 is 0 Å². The molecule has 0 saturated heterocycles. The first-order valence-electron chi connectivity index (χ1n) is 4.15. The molecular formula is C9H9N3. The van der Waals surface area contributed by atoms with Crippen molar-refractivity contribution in [3.05, 3.63) is 23.3 Å². The predicted octanol–water partition coefficient (Wildman–Crippen LogP) is 1.23. The summed E-state index contributed by atoms with van der Waals surface area (Å²) in [7, 11) is 0. The number of hydrogen-bond donors (Lipinski definition) is 0. The second-order valence-electron chi connectivity index (χ2n) is 2.98. The molecule has 0 aliphatic heterocycles. The van der Waals surface area contributed by atoms with Gasteiger partial charge < -0.3 is 0 Å². The first-order valence-corrected chi connectivity index (χ1v) is 4.15. The molecule has 0 N–H and O–H groups in total. The Morgan fingerprint density at radius 1 is 1.33 bits per heavy atom. The van der Waals surface area contributed by atoms with E-state index in [1.165, 1.54) is 18.4 Å². The molecule has 0 atom stereocenters. The van der Waals surface area contributed by atoms with Gasteiger partial charge in [-0.2, -0.15) is 5.26 Å². The van der Waals surface area contributed by atoms with E-state index < -0.39 is 0 Å². The van der Waals surface area contributed by atoms with Gasteiger partial charge in [0.25, 0.3) is 0 Å². The lowest BCUT2D eigenvalue weighted by molar-refractivity contribution is 0.660. The molecule has 1 aromatic heterocycles. The van der Waals surface area contributed by atoms with Gasteiger partial charge in [0.1, 0.15) is 6.07 Å². The van der Waals surface area contributed by atoms with Crippen molar-refractivity contribution in [1.82, 2.24) is 9.97 Å². The Hall–Kier alpha value is -1.43. The van der Waals surface area contributed by atoms with Gasteiger partial charge in [0, 0.05) is 11.9 Å². The summed E-state index contributed by atoms with van der Waals surface area (Å²) >= 11 is 0. The zero-order chi connectivity index (χ0) is 8.39. The second kappa shape index (κ2) is 2.90. The first-order chi connectivity index (χ1) is 5.90. The molecule has 3 heteroatoms. The standard InChI is InChI=1S/C9H9N3/c10-5-9-11-6-7-3-1-2-4-8(7)12-9/h6H,1-4H2. The third kappa shape index (κ3) is 1.16. The second-order valence-corrected chi connectivity index (χ2v) is 2.98. The monoisotopic (exact) mass is 159 g/mol. The predicted molar refractivity (Wildman–Crippen MR) is 43.4 cm³/mol. The molecule has 0 aromatic carbocycles. The van der Waals surface area contributed by atoms with E-state index in [2.05, 4.69) is 9.97 Å². The van der Waals surface area contributed by atoms with Crippen LogP contribution in [0.5, 0.6) is 0 Å². The van der Waals surface area contributed by atoms with Crippen molar-refractivity contribution in [3.63, 3.8) is 0 Å². The van der Waals surface area contributed by atoms with Crippen LogP contribution in [0.2, 0.25) is 0 Å². The highest BCUT2D eigenvalue weighted by molar-refractivity contribution is 5.23. The maximum absolute atomic E-state index is 8.56. The molecule has 60 valence electrons. The molecule has 1 heterocycles. The van der Waals surface area contributed by atoms with E-state index >= 15 is 0 Å². The van der Waals surface area contributed by atoms with Crippen LogP contribution in [0.3, 0.4) is 0 Å². The number of aromatic nitrogens is 2. The van der Waals surface area contributed by atoms with E-state index in [0.717, 1.165) is 18.5 Å². The van der Waals surface area contributed by atoms with E-state index in [9.17, 15) is 0 Å². The Balaban J connectivity index is 2.44. The number of nitriles is 1. The van der Waals surface area contributed by atoms with E-state index in [0.29, 0.717) is 5.82 Å². The summed E-state index contributed by atoms with van der Waals surface area (Å²) in [5.74, 6) is 0.302. The lowest BCUT2D eigenvalue weighted by Gasteiger charge is -2.12. The van der Waals surface area contributed by atoms with Crippen LogP contribution >= 0.6 is 0 Å². The molecule has 0 fully saturated rings. The summed E-state index contributed by atoms with van der Waals surface area (Å²) in [5.41, 5.74) is 2.30. The average molecular weight is 159 g/mol. The first kappa shape index (κ1) is 7.23. The van der Waals surface area contributed by atoms with Crippen molar-refractivity contribution in [1.29, 1.82) is 5.26 Å². The number of aryl methyl sites for hydroxylation is 2. The number of hydrogen-bond acceptors (Lipinski definition) is 3. The van der Waals surface area contributed by atoms with Crippen LogP contribution in [0.1, 0.15) is 29.9 Å². The largest absolute Gasteiger partial charge is 0.232 e. The Morgan fingerprint density at radius 2 is 2.17 bits per heavy atom. The Labute approximate surface area is 71.1 Å². The normalized spacial score (nSPS) is 14.9. The third-order valence-corrected chi connectivity index (χ3v) is 2.16. The van der Waals surface area contributed by atoms with Crippen LogP contribution in [0, 0.1) is 11.3 Å². The number of fused-ring (bicyclic) bond motifs is 1. The fourth-order valence-electron chi connectivity index (χ4n) is 1.53. The maximum Gasteiger partial charge on any atom is 0.232 e. The molecule has 12 heavy (non-hydrogen) atoms. The van der Waals surface area contributed by atoms with E-state index in [4.69, 9.17) is 5.26 Å². The van der Waals surface area contributed by atoms with Crippen molar-refractivity contribution in [2.75, 3.05) is 0 Å². The van der Waals surface area contributed by atoms with Gasteiger partial charge in [0.2, 0.25) is 5.82 Å². The van der Waals surface area contributed by atoms with Gasteiger partial charge in [-0.1, -0.05) is 0 Å². The SMILES string of the molecule is N#Cc1ncc2c(n1)CCCC2. The highest BCUT2D eigenvalue weighted by Crippen LogP contribution is 2.17. The molecule has 0 bridgehead atoms. The van der Waals surface area contributed by atoms with Gasteiger partial charge >= 0.3 is 0 Å². The molecular weight excluding hydrogens is 150 g/mol. The van der Waals surface area contributed by atoms with Crippen molar-refractivity contribution >= 4 is 0 Å². The number of nitrogens with zero attached hydrogens (tertiary/aromatic N) is 3. The summed E-state index contributed by atoms with van der Waals surface area (Å²) in [6, 6.07) is 1.95. The molecule has 0 radical (unpaired) electrons. The lowest BCUT2D eigenvalue weighted by Crippen LogP contribution is -2.07. The Kier molecular flexibility index (Phi) is 1.75.